The summed E-state index contributed by atoms with van der Waals surface area (Å²) in [5.74, 6) is 0. The fourth-order valence-corrected chi connectivity index (χ4v) is 2.94. The van der Waals surface area contributed by atoms with Gasteiger partial charge in [0, 0.05) is 19.2 Å². The quantitative estimate of drug-likeness (QED) is 0.331. The lowest BCUT2D eigenvalue weighted by Gasteiger charge is -2.29. The first-order valence-corrected chi connectivity index (χ1v) is 9.19. The smallest absolute Gasteiger partial charge is 0.207 e. The van der Waals surface area contributed by atoms with Crippen molar-refractivity contribution in [1.29, 1.82) is 0 Å². The van der Waals surface area contributed by atoms with E-state index in [1.807, 2.05) is 18.3 Å². The molecule has 1 unspecified atom stereocenters. The number of rotatable bonds is 12. The van der Waals surface area contributed by atoms with Gasteiger partial charge in [-0.15, -0.1) is 0 Å². The standard InChI is InChI=1S/C18H27Cl2N3O/c1-2-3-4-5-10-22-13-18(8-9-21,23-14-24)12-15-6-7-16(19)17(20)11-15/h6-7,11,13-14H,2-5,8-10,12,21H2,1H3,(H,23,24). The molecule has 0 spiro atoms. The van der Waals surface area contributed by atoms with Crippen molar-refractivity contribution in [1.82, 2.24) is 5.32 Å². The topological polar surface area (TPSA) is 67.5 Å². The maximum absolute atomic E-state index is 11.1. The van der Waals surface area contributed by atoms with E-state index in [1.165, 1.54) is 19.3 Å². The molecule has 0 saturated heterocycles. The highest BCUT2D eigenvalue weighted by Crippen LogP contribution is 2.25. The second-order valence-corrected chi connectivity index (χ2v) is 6.79. The fraction of sp³-hybridized carbons (Fsp3) is 0.556. The van der Waals surface area contributed by atoms with Crippen LogP contribution in [0.25, 0.3) is 0 Å². The molecule has 0 fully saturated rings. The summed E-state index contributed by atoms with van der Waals surface area (Å²) >= 11 is 12.1. The van der Waals surface area contributed by atoms with Gasteiger partial charge >= 0.3 is 0 Å². The number of unbranched alkanes of at least 4 members (excludes halogenated alkanes) is 3. The molecule has 6 heteroatoms. The summed E-state index contributed by atoms with van der Waals surface area (Å²) in [5.41, 5.74) is 6.14. The van der Waals surface area contributed by atoms with Gasteiger partial charge in [-0.1, -0.05) is 55.5 Å². The molecule has 0 aliphatic rings. The zero-order valence-electron chi connectivity index (χ0n) is 14.2. The Labute approximate surface area is 154 Å². The average Bonchev–Trinajstić information content (AvgIpc) is 2.55. The number of hydrogen-bond acceptors (Lipinski definition) is 3. The van der Waals surface area contributed by atoms with Gasteiger partial charge in [-0.3, -0.25) is 9.79 Å². The molecule has 1 atom stereocenters. The number of benzene rings is 1. The molecular formula is C18H27Cl2N3O. The lowest BCUT2D eigenvalue weighted by atomic mass is 9.88. The van der Waals surface area contributed by atoms with E-state index in [4.69, 9.17) is 28.9 Å². The van der Waals surface area contributed by atoms with Crippen LogP contribution in [0.1, 0.15) is 44.6 Å². The van der Waals surface area contributed by atoms with Crippen molar-refractivity contribution in [3.8, 4) is 0 Å². The Bertz CT molecular complexity index is 537. The third-order valence-corrected chi connectivity index (χ3v) is 4.66. The predicted octanol–water partition coefficient (Wildman–Crippen LogP) is 4.02. The van der Waals surface area contributed by atoms with E-state index in [0.717, 1.165) is 18.5 Å². The first-order chi connectivity index (χ1) is 11.6. The summed E-state index contributed by atoms with van der Waals surface area (Å²) in [5, 5.41) is 3.91. The molecule has 0 aliphatic carbocycles. The predicted molar refractivity (Wildman–Crippen MR) is 103 cm³/mol. The van der Waals surface area contributed by atoms with Crippen LogP contribution in [0.15, 0.2) is 23.2 Å². The van der Waals surface area contributed by atoms with Crippen LogP contribution in [0.4, 0.5) is 0 Å². The number of carbonyl (C=O) groups excluding carboxylic acids is 1. The van der Waals surface area contributed by atoms with Crippen LogP contribution in [0.3, 0.4) is 0 Å². The Morgan fingerprint density at radius 1 is 1.25 bits per heavy atom. The summed E-state index contributed by atoms with van der Waals surface area (Å²) < 4.78 is 0. The van der Waals surface area contributed by atoms with Crippen LogP contribution in [0, 0.1) is 0 Å². The molecule has 0 heterocycles. The zero-order chi connectivity index (χ0) is 17.8. The summed E-state index contributed by atoms with van der Waals surface area (Å²) in [6.45, 7) is 3.39. The minimum atomic E-state index is -0.599. The van der Waals surface area contributed by atoms with Gasteiger partial charge in [0.2, 0.25) is 6.41 Å². The van der Waals surface area contributed by atoms with Gasteiger partial charge in [-0.2, -0.15) is 0 Å². The Morgan fingerprint density at radius 3 is 2.67 bits per heavy atom. The number of amides is 1. The van der Waals surface area contributed by atoms with Crippen LogP contribution >= 0.6 is 23.2 Å². The molecule has 1 amide bonds. The zero-order valence-corrected chi connectivity index (χ0v) is 15.7. The van der Waals surface area contributed by atoms with Crippen molar-refractivity contribution in [2.75, 3.05) is 13.1 Å². The molecule has 3 N–H and O–H groups in total. The summed E-state index contributed by atoms with van der Waals surface area (Å²) in [7, 11) is 0. The Balaban J connectivity index is 2.85. The molecule has 0 saturated carbocycles. The van der Waals surface area contributed by atoms with E-state index in [2.05, 4.69) is 17.2 Å². The molecule has 1 aromatic carbocycles. The maximum Gasteiger partial charge on any atom is 0.207 e. The van der Waals surface area contributed by atoms with Crippen molar-refractivity contribution in [3.05, 3.63) is 33.8 Å². The van der Waals surface area contributed by atoms with Crippen molar-refractivity contribution < 1.29 is 4.79 Å². The van der Waals surface area contributed by atoms with Crippen LogP contribution in [0.5, 0.6) is 0 Å². The van der Waals surface area contributed by atoms with E-state index in [0.29, 0.717) is 35.8 Å². The molecule has 1 aromatic rings. The van der Waals surface area contributed by atoms with Crippen LogP contribution in [-0.2, 0) is 11.2 Å². The third kappa shape index (κ3) is 7.20. The second kappa shape index (κ2) is 11.5. The molecule has 0 aromatic heterocycles. The van der Waals surface area contributed by atoms with Gasteiger partial charge in [0.1, 0.15) is 0 Å². The van der Waals surface area contributed by atoms with Gasteiger partial charge in [-0.25, -0.2) is 0 Å². The largest absolute Gasteiger partial charge is 0.348 e. The highest BCUT2D eigenvalue weighted by Gasteiger charge is 2.27. The van der Waals surface area contributed by atoms with Gasteiger partial charge in [0.05, 0.1) is 15.6 Å². The number of carbonyl (C=O) groups is 1. The van der Waals surface area contributed by atoms with Crippen molar-refractivity contribution in [2.24, 2.45) is 10.7 Å². The van der Waals surface area contributed by atoms with Crippen molar-refractivity contribution >= 4 is 35.8 Å². The third-order valence-electron chi connectivity index (χ3n) is 3.92. The summed E-state index contributed by atoms with van der Waals surface area (Å²) in [6.07, 6.45) is 8.36. The highest BCUT2D eigenvalue weighted by atomic mass is 35.5. The van der Waals surface area contributed by atoms with Crippen LogP contribution in [-0.4, -0.2) is 31.3 Å². The van der Waals surface area contributed by atoms with Gasteiger partial charge in [0.15, 0.2) is 0 Å². The molecule has 1 rings (SSSR count). The Morgan fingerprint density at radius 2 is 2.04 bits per heavy atom. The van der Waals surface area contributed by atoms with Crippen LogP contribution in [0.2, 0.25) is 10.0 Å². The first-order valence-electron chi connectivity index (χ1n) is 8.43. The van der Waals surface area contributed by atoms with Gasteiger partial charge in [-0.05, 0) is 37.1 Å². The minimum absolute atomic E-state index is 0.448. The molecule has 0 aliphatic heterocycles. The van der Waals surface area contributed by atoms with E-state index in [1.54, 1.807) is 6.07 Å². The molecule has 134 valence electrons. The summed E-state index contributed by atoms with van der Waals surface area (Å²) in [6, 6.07) is 5.48. The number of aliphatic imine (C=N–C) groups is 1. The number of halogens is 2. The minimum Gasteiger partial charge on any atom is -0.348 e. The average molecular weight is 372 g/mol. The summed E-state index contributed by atoms with van der Waals surface area (Å²) in [4.78, 5) is 15.6. The SMILES string of the molecule is CCCCCCN=CC(CCN)(Cc1ccc(Cl)c(Cl)c1)NC=O. The maximum atomic E-state index is 11.1. The molecule has 0 radical (unpaired) electrons. The lowest BCUT2D eigenvalue weighted by molar-refractivity contribution is -0.110. The van der Waals surface area contributed by atoms with E-state index < -0.39 is 5.54 Å². The lowest BCUT2D eigenvalue weighted by Crippen LogP contribution is -2.49. The van der Waals surface area contributed by atoms with E-state index in [9.17, 15) is 4.79 Å². The molecule has 4 nitrogen and oxygen atoms in total. The fourth-order valence-electron chi connectivity index (χ4n) is 2.62. The van der Waals surface area contributed by atoms with E-state index in [-0.39, 0.29) is 0 Å². The number of nitrogens with two attached hydrogens (primary N) is 1. The van der Waals surface area contributed by atoms with Crippen LogP contribution < -0.4 is 11.1 Å². The number of nitrogens with one attached hydrogen (secondary N) is 1. The Kier molecular flexibility index (Phi) is 9.99. The number of nitrogens with zero attached hydrogens (tertiary/aromatic N) is 1. The monoisotopic (exact) mass is 371 g/mol. The molecule has 0 bridgehead atoms. The van der Waals surface area contributed by atoms with E-state index >= 15 is 0 Å². The molecular weight excluding hydrogens is 345 g/mol. The van der Waals surface area contributed by atoms with Gasteiger partial charge < -0.3 is 11.1 Å². The normalized spacial score (nSPS) is 13.8. The first kappa shape index (κ1) is 20.9. The molecule has 24 heavy (non-hydrogen) atoms. The van der Waals surface area contributed by atoms with Crippen molar-refractivity contribution in [3.63, 3.8) is 0 Å². The highest BCUT2D eigenvalue weighted by molar-refractivity contribution is 6.42. The number of hydrogen-bond donors (Lipinski definition) is 2. The van der Waals surface area contributed by atoms with Crippen molar-refractivity contribution in [2.45, 2.75) is 51.0 Å². The Hall–Kier alpha value is -1.10. The second-order valence-electron chi connectivity index (χ2n) is 5.98. The van der Waals surface area contributed by atoms with Gasteiger partial charge in [0.25, 0.3) is 0 Å².